The lowest BCUT2D eigenvalue weighted by Gasteiger charge is -2.14. The SMILES string of the molecule is CC(CCCO)NC(=O)Nc1ccc(F)cc1Br. The normalized spacial score (nSPS) is 12.0. The summed E-state index contributed by atoms with van der Waals surface area (Å²) in [6, 6.07) is 3.65. The van der Waals surface area contributed by atoms with E-state index in [1.165, 1.54) is 18.2 Å². The van der Waals surface area contributed by atoms with Gasteiger partial charge in [-0.05, 0) is 53.9 Å². The Bertz CT molecular complexity index is 415. The van der Waals surface area contributed by atoms with Crippen molar-refractivity contribution in [1.29, 1.82) is 0 Å². The lowest BCUT2D eigenvalue weighted by molar-refractivity contribution is 0.245. The number of hydrogen-bond donors (Lipinski definition) is 3. The number of hydrogen-bond acceptors (Lipinski definition) is 2. The Labute approximate surface area is 114 Å². The van der Waals surface area contributed by atoms with Gasteiger partial charge in [0.25, 0.3) is 0 Å². The van der Waals surface area contributed by atoms with E-state index in [-0.39, 0.29) is 24.5 Å². The number of aliphatic hydroxyl groups excluding tert-OH is 1. The molecule has 2 amide bonds. The van der Waals surface area contributed by atoms with Gasteiger partial charge in [0, 0.05) is 17.1 Å². The molecule has 4 nitrogen and oxygen atoms in total. The molecule has 0 radical (unpaired) electrons. The highest BCUT2D eigenvalue weighted by Crippen LogP contribution is 2.22. The predicted octanol–water partition coefficient (Wildman–Crippen LogP) is 2.87. The van der Waals surface area contributed by atoms with Crippen molar-refractivity contribution in [3.63, 3.8) is 0 Å². The van der Waals surface area contributed by atoms with Gasteiger partial charge in [-0.2, -0.15) is 0 Å². The molecule has 1 rings (SSSR count). The lowest BCUT2D eigenvalue weighted by Crippen LogP contribution is -2.36. The van der Waals surface area contributed by atoms with Crippen molar-refractivity contribution in [3.05, 3.63) is 28.5 Å². The zero-order valence-electron chi connectivity index (χ0n) is 10.0. The Hall–Kier alpha value is -1.14. The van der Waals surface area contributed by atoms with Gasteiger partial charge in [0.15, 0.2) is 0 Å². The number of rotatable bonds is 5. The van der Waals surface area contributed by atoms with E-state index in [9.17, 15) is 9.18 Å². The highest BCUT2D eigenvalue weighted by molar-refractivity contribution is 9.10. The number of amides is 2. The summed E-state index contributed by atoms with van der Waals surface area (Å²) in [6.45, 7) is 1.96. The Morgan fingerprint density at radius 2 is 2.28 bits per heavy atom. The van der Waals surface area contributed by atoms with Gasteiger partial charge < -0.3 is 15.7 Å². The summed E-state index contributed by atoms with van der Waals surface area (Å²) in [4.78, 5) is 11.6. The topological polar surface area (TPSA) is 61.4 Å². The van der Waals surface area contributed by atoms with Crippen LogP contribution < -0.4 is 10.6 Å². The maximum absolute atomic E-state index is 12.9. The van der Waals surface area contributed by atoms with Crippen LogP contribution in [0.1, 0.15) is 19.8 Å². The van der Waals surface area contributed by atoms with Gasteiger partial charge in [0.05, 0.1) is 5.69 Å². The van der Waals surface area contributed by atoms with E-state index < -0.39 is 0 Å². The summed E-state index contributed by atoms with van der Waals surface area (Å²) >= 11 is 3.17. The number of halogens is 2. The van der Waals surface area contributed by atoms with Gasteiger partial charge in [-0.3, -0.25) is 0 Å². The molecular formula is C12H16BrFN2O2. The van der Waals surface area contributed by atoms with E-state index in [1.807, 2.05) is 6.92 Å². The van der Waals surface area contributed by atoms with Crippen LogP contribution in [0.25, 0.3) is 0 Å². The predicted molar refractivity (Wildman–Crippen MR) is 72.0 cm³/mol. The first-order valence-corrected chi connectivity index (χ1v) is 6.45. The second-order valence-electron chi connectivity index (χ2n) is 3.99. The zero-order chi connectivity index (χ0) is 13.5. The molecule has 0 saturated heterocycles. The van der Waals surface area contributed by atoms with Crippen molar-refractivity contribution in [3.8, 4) is 0 Å². The van der Waals surface area contributed by atoms with E-state index >= 15 is 0 Å². The molecule has 0 bridgehead atoms. The summed E-state index contributed by atoms with van der Waals surface area (Å²) in [7, 11) is 0. The number of aliphatic hydroxyl groups is 1. The molecule has 1 aromatic rings. The Kier molecular flexibility index (Phi) is 6.07. The van der Waals surface area contributed by atoms with Gasteiger partial charge in [-0.1, -0.05) is 0 Å². The second-order valence-corrected chi connectivity index (χ2v) is 4.84. The molecule has 3 N–H and O–H groups in total. The highest BCUT2D eigenvalue weighted by atomic mass is 79.9. The number of carbonyl (C=O) groups excluding carboxylic acids is 1. The molecule has 1 aromatic carbocycles. The quantitative estimate of drug-likeness (QED) is 0.781. The largest absolute Gasteiger partial charge is 0.396 e. The van der Waals surface area contributed by atoms with Gasteiger partial charge in [-0.25, -0.2) is 9.18 Å². The van der Waals surface area contributed by atoms with Crippen LogP contribution in [0.4, 0.5) is 14.9 Å². The molecule has 100 valence electrons. The molecule has 0 aliphatic rings. The van der Waals surface area contributed by atoms with Crippen molar-refractivity contribution in [2.24, 2.45) is 0 Å². The monoisotopic (exact) mass is 318 g/mol. The fourth-order valence-electron chi connectivity index (χ4n) is 1.44. The van der Waals surface area contributed by atoms with Crippen molar-refractivity contribution in [2.75, 3.05) is 11.9 Å². The van der Waals surface area contributed by atoms with Crippen LogP contribution in [-0.2, 0) is 0 Å². The van der Waals surface area contributed by atoms with E-state index in [0.717, 1.165) is 0 Å². The van der Waals surface area contributed by atoms with Gasteiger partial charge in [0.1, 0.15) is 5.82 Å². The molecular weight excluding hydrogens is 303 g/mol. The zero-order valence-corrected chi connectivity index (χ0v) is 11.6. The second kappa shape index (κ2) is 7.33. The van der Waals surface area contributed by atoms with E-state index in [2.05, 4.69) is 26.6 Å². The number of nitrogens with one attached hydrogen (secondary N) is 2. The summed E-state index contributed by atoms with van der Waals surface area (Å²) in [5.74, 6) is -0.371. The Morgan fingerprint density at radius 1 is 1.56 bits per heavy atom. The van der Waals surface area contributed by atoms with Crippen LogP contribution >= 0.6 is 15.9 Å². The summed E-state index contributed by atoms with van der Waals surface area (Å²) < 4.78 is 13.3. The molecule has 0 aliphatic heterocycles. The third-order valence-corrected chi connectivity index (χ3v) is 3.01. The first-order chi connectivity index (χ1) is 8.52. The fourth-order valence-corrected chi connectivity index (χ4v) is 1.89. The fraction of sp³-hybridized carbons (Fsp3) is 0.417. The van der Waals surface area contributed by atoms with Crippen molar-refractivity contribution in [1.82, 2.24) is 5.32 Å². The number of urea groups is 1. The lowest BCUT2D eigenvalue weighted by atomic mass is 10.2. The average Bonchev–Trinajstić information content (AvgIpc) is 2.30. The Balaban J connectivity index is 2.49. The number of carbonyl (C=O) groups is 1. The molecule has 1 unspecified atom stereocenters. The molecule has 0 saturated carbocycles. The molecule has 0 aliphatic carbocycles. The molecule has 0 aromatic heterocycles. The molecule has 18 heavy (non-hydrogen) atoms. The van der Waals surface area contributed by atoms with Crippen LogP contribution in [0, 0.1) is 5.82 Å². The van der Waals surface area contributed by atoms with Crippen LogP contribution in [-0.4, -0.2) is 23.8 Å². The van der Waals surface area contributed by atoms with E-state index in [1.54, 1.807) is 0 Å². The molecule has 0 heterocycles. The minimum atomic E-state index is -0.371. The van der Waals surface area contributed by atoms with Gasteiger partial charge in [-0.15, -0.1) is 0 Å². The first kappa shape index (κ1) is 14.9. The Morgan fingerprint density at radius 3 is 2.89 bits per heavy atom. The van der Waals surface area contributed by atoms with Gasteiger partial charge in [0.2, 0.25) is 0 Å². The maximum atomic E-state index is 12.9. The first-order valence-electron chi connectivity index (χ1n) is 5.66. The number of anilines is 1. The standard InChI is InChI=1S/C12H16BrFN2O2/c1-8(3-2-6-17)15-12(18)16-11-5-4-9(14)7-10(11)13/h4-5,7-8,17H,2-3,6H2,1H3,(H2,15,16,18). The summed E-state index contributed by atoms with van der Waals surface area (Å²) in [5.41, 5.74) is 0.503. The average molecular weight is 319 g/mol. The molecule has 0 spiro atoms. The van der Waals surface area contributed by atoms with Crippen molar-refractivity contribution < 1.29 is 14.3 Å². The third-order valence-electron chi connectivity index (χ3n) is 2.35. The summed E-state index contributed by atoms with van der Waals surface area (Å²) in [6.07, 6.45) is 1.34. The van der Waals surface area contributed by atoms with Crippen molar-refractivity contribution in [2.45, 2.75) is 25.8 Å². The minimum Gasteiger partial charge on any atom is -0.396 e. The van der Waals surface area contributed by atoms with Crippen LogP contribution in [0.2, 0.25) is 0 Å². The van der Waals surface area contributed by atoms with E-state index in [0.29, 0.717) is 23.0 Å². The molecule has 6 heteroatoms. The van der Waals surface area contributed by atoms with Crippen LogP contribution in [0.15, 0.2) is 22.7 Å². The third kappa shape index (κ3) is 5.01. The highest BCUT2D eigenvalue weighted by Gasteiger charge is 2.09. The van der Waals surface area contributed by atoms with Crippen molar-refractivity contribution >= 4 is 27.6 Å². The van der Waals surface area contributed by atoms with E-state index in [4.69, 9.17) is 5.11 Å². The molecule has 1 atom stereocenters. The minimum absolute atomic E-state index is 0.0311. The van der Waals surface area contributed by atoms with Crippen LogP contribution in [0.5, 0.6) is 0 Å². The summed E-state index contributed by atoms with van der Waals surface area (Å²) in [5, 5.41) is 14.0. The maximum Gasteiger partial charge on any atom is 0.319 e. The van der Waals surface area contributed by atoms with Crippen LogP contribution in [0.3, 0.4) is 0 Å². The number of benzene rings is 1. The molecule has 0 fully saturated rings. The smallest absolute Gasteiger partial charge is 0.319 e. The van der Waals surface area contributed by atoms with Gasteiger partial charge >= 0.3 is 6.03 Å².